The third-order valence-electron chi connectivity index (χ3n) is 6.45. The molecule has 0 aliphatic carbocycles. The fraction of sp³-hybridized carbons (Fsp3) is 0.212. The Balaban J connectivity index is 1.49. The summed E-state index contributed by atoms with van der Waals surface area (Å²) in [5.41, 5.74) is 4.29. The van der Waals surface area contributed by atoms with Gasteiger partial charge in [0.15, 0.2) is 0 Å². The molecule has 0 aliphatic heterocycles. The number of hydrogen-bond acceptors (Lipinski definition) is 3. The summed E-state index contributed by atoms with van der Waals surface area (Å²) in [6.45, 7) is 2.69. The van der Waals surface area contributed by atoms with Gasteiger partial charge in [0.05, 0.1) is 0 Å². The highest BCUT2D eigenvalue weighted by molar-refractivity contribution is 5.94. The normalized spacial score (nSPS) is 10.8. The smallest absolute Gasteiger partial charge is 0.308 e. The molecule has 0 N–H and O–H groups in total. The van der Waals surface area contributed by atoms with Crippen LogP contribution in [0.2, 0.25) is 0 Å². The number of amides is 1. The maximum Gasteiger partial charge on any atom is 0.308 e. The van der Waals surface area contributed by atoms with Crippen molar-refractivity contribution < 1.29 is 14.3 Å². The van der Waals surface area contributed by atoms with E-state index in [1.54, 1.807) is 6.07 Å². The molecule has 188 valence electrons. The summed E-state index contributed by atoms with van der Waals surface area (Å²) < 4.78 is 5.22. The summed E-state index contributed by atoms with van der Waals surface area (Å²) in [7, 11) is 0. The van der Waals surface area contributed by atoms with E-state index < -0.39 is 0 Å². The Bertz CT molecular complexity index is 1230. The number of esters is 1. The standard InChI is InChI=1S/C33H33NO3/c1-26(35)37-31-21-11-13-27(25-31)14-12-23-34(33(36)30-19-9-4-10-20-30)24-22-32(28-15-5-2-6-16-28)29-17-7-3-8-18-29/h2-11,13,15-21,25,32H,12,14,22-24H2,1H3. The average molecular weight is 492 g/mol. The molecule has 4 heteroatoms. The van der Waals surface area contributed by atoms with Crippen LogP contribution in [0.25, 0.3) is 0 Å². The Kier molecular flexibility index (Phi) is 9.25. The number of rotatable bonds is 11. The molecule has 0 radical (unpaired) electrons. The predicted octanol–water partition coefficient (Wildman–Crippen LogP) is 6.91. The zero-order valence-electron chi connectivity index (χ0n) is 21.3. The van der Waals surface area contributed by atoms with Crippen molar-refractivity contribution in [3.05, 3.63) is 138 Å². The van der Waals surface area contributed by atoms with E-state index in [2.05, 4.69) is 48.5 Å². The second-order valence-electron chi connectivity index (χ2n) is 9.17. The first-order valence-corrected chi connectivity index (χ1v) is 12.8. The Morgan fingerprint density at radius 1 is 0.730 bits per heavy atom. The first-order chi connectivity index (χ1) is 18.1. The van der Waals surface area contributed by atoms with Gasteiger partial charge in [-0.25, -0.2) is 0 Å². The molecule has 37 heavy (non-hydrogen) atoms. The number of nitrogens with zero attached hydrogens (tertiary/aromatic N) is 1. The van der Waals surface area contributed by atoms with E-state index in [-0.39, 0.29) is 17.8 Å². The van der Waals surface area contributed by atoms with Crippen molar-refractivity contribution in [3.63, 3.8) is 0 Å². The van der Waals surface area contributed by atoms with Crippen LogP contribution < -0.4 is 4.74 Å². The third-order valence-corrected chi connectivity index (χ3v) is 6.45. The number of hydrogen-bond donors (Lipinski definition) is 0. The number of carbonyl (C=O) groups is 2. The van der Waals surface area contributed by atoms with Gasteiger partial charge in [-0.05, 0) is 60.2 Å². The number of benzene rings is 4. The number of carbonyl (C=O) groups excluding carboxylic acids is 2. The number of aryl methyl sites for hydroxylation is 1. The quantitative estimate of drug-likeness (QED) is 0.169. The van der Waals surface area contributed by atoms with E-state index in [1.165, 1.54) is 18.1 Å². The molecule has 4 nitrogen and oxygen atoms in total. The lowest BCUT2D eigenvalue weighted by Crippen LogP contribution is -2.34. The molecule has 0 bridgehead atoms. The van der Waals surface area contributed by atoms with Crippen molar-refractivity contribution >= 4 is 11.9 Å². The topological polar surface area (TPSA) is 46.6 Å². The minimum Gasteiger partial charge on any atom is -0.427 e. The van der Waals surface area contributed by atoms with Crippen LogP contribution in [0.5, 0.6) is 5.75 Å². The van der Waals surface area contributed by atoms with E-state index in [0.717, 1.165) is 24.8 Å². The molecule has 0 aliphatic rings. The maximum absolute atomic E-state index is 13.5. The van der Waals surface area contributed by atoms with Crippen molar-refractivity contribution in [1.29, 1.82) is 0 Å². The molecule has 0 aromatic heterocycles. The Morgan fingerprint density at radius 2 is 1.32 bits per heavy atom. The van der Waals surface area contributed by atoms with Gasteiger partial charge in [-0.1, -0.05) is 91.0 Å². The van der Waals surface area contributed by atoms with Crippen molar-refractivity contribution in [2.75, 3.05) is 13.1 Å². The molecular formula is C33H33NO3. The largest absolute Gasteiger partial charge is 0.427 e. The van der Waals surface area contributed by atoms with Gasteiger partial charge < -0.3 is 9.64 Å². The molecule has 0 fully saturated rings. The minimum atomic E-state index is -0.330. The number of ether oxygens (including phenoxy) is 1. The molecule has 4 aromatic rings. The van der Waals surface area contributed by atoms with Crippen molar-refractivity contribution in [2.45, 2.75) is 32.1 Å². The molecule has 1 amide bonds. The monoisotopic (exact) mass is 491 g/mol. The summed E-state index contributed by atoms with van der Waals surface area (Å²) in [6, 6.07) is 38.1. The van der Waals surface area contributed by atoms with Gasteiger partial charge in [-0.2, -0.15) is 0 Å². The average Bonchev–Trinajstić information content (AvgIpc) is 2.93. The maximum atomic E-state index is 13.5. The van der Waals surface area contributed by atoms with Gasteiger partial charge in [0.25, 0.3) is 5.91 Å². The Morgan fingerprint density at radius 3 is 1.92 bits per heavy atom. The molecule has 4 aromatic carbocycles. The van der Waals surface area contributed by atoms with Crippen molar-refractivity contribution in [3.8, 4) is 5.75 Å². The van der Waals surface area contributed by atoms with Gasteiger partial charge in [-0.15, -0.1) is 0 Å². The Labute approximate surface area is 219 Å². The van der Waals surface area contributed by atoms with Gasteiger partial charge in [0, 0.05) is 31.5 Å². The highest BCUT2D eigenvalue weighted by Gasteiger charge is 2.20. The lowest BCUT2D eigenvalue weighted by molar-refractivity contribution is -0.131. The van der Waals surface area contributed by atoms with Crippen LogP contribution in [0.15, 0.2) is 115 Å². The SMILES string of the molecule is CC(=O)Oc1cccc(CCCN(CCC(c2ccccc2)c2ccccc2)C(=O)c2ccccc2)c1. The van der Waals surface area contributed by atoms with E-state index in [1.807, 2.05) is 65.6 Å². The van der Waals surface area contributed by atoms with Crippen LogP contribution in [0.1, 0.15) is 52.7 Å². The first kappa shape index (κ1) is 25.9. The summed E-state index contributed by atoms with van der Waals surface area (Å²) in [5.74, 6) is 0.474. The van der Waals surface area contributed by atoms with Gasteiger partial charge in [0.2, 0.25) is 0 Å². The molecule has 0 saturated carbocycles. The van der Waals surface area contributed by atoms with Gasteiger partial charge in [-0.3, -0.25) is 9.59 Å². The zero-order chi connectivity index (χ0) is 25.9. The fourth-order valence-electron chi connectivity index (χ4n) is 4.66. The molecule has 0 unspecified atom stereocenters. The van der Waals surface area contributed by atoms with E-state index in [9.17, 15) is 9.59 Å². The van der Waals surface area contributed by atoms with E-state index in [0.29, 0.717) is 24.4 Å². The molecule has 0 heterocycles. The summed E-state index contributed by atoms with van der Waals surface area (Å²) in [6.07, 6.45) is 2.42. The van der Waals surface area contributed by atoms with Crippen molar-refractivity contribution in [1.82, 2.24) is 4.90 Å². The molecule has 0 saturated heterocycles. The lowest BCUT2D eigenvalue weighted by Gasteiger charge is -2.26. The Hall–Kier alpha value is -4.18. The van der Waals surface area contributed by atoms with Gasteiger partial charge >= 0.3 is 5.97 Å². The summed E-state index contributed by atoms with van der Waals surface area (Å²) in [4.78, 5) is 26.8. The lowest BCUT2D eigenvalue weighted by atomic mass is 9.88. The molecule has 0 atom stereocenters. The second kappa shape index (κ2) is 13.2. The van der Waals surface area contributed by atoms with Crippen LogP contribution in [0.3, 0.4) is 0 Å². The van der Waals surface area contributed by atoms with Crippen LogP contribution in [0, 0.1) is 0 Å². The summed E-state index contributed by atoms with van der Waals surface area (Å²) >= 11 is 0. The van der Waals surface area contributed by atoms with E-state index >= 15 is 0 Å². The van der Waals surface area contributed by atoms with Crippen molar-refractivity contribution in [2.24, 2.45) is 0 Å². The van der Waals surface area contributed by atoms with Crippen LogP contribution in [-0.2, 0) is 11.2 Å². The van der Waals surface area contributed by atoms with Crippen LogP contribution in [0.4, 0.5) is 0 Å². The molecule has 4 rings (SSSR count). The highest BCUT2D eigenvalue weighted by atomic mass is 16.5. The molecular weight excluding hydrogens is 458 g/mol. The predicted molar refractivity (Wildman–Crippen MR) is 148 cm³/mol. The minimum absolute atomic E-state index is 0.0501. The fourth-order valence-corrected chi connectivity index (χ4v) is 4.66. The van der Waals surface area contributed by atoms with Gasteiger partial charge in [0.1, 0.15) is 5.75 Å². The van der Waals surface area contributed by atoms with Crippen LogP contribution >= 0.6 is 0 Å². The van der Waals surface area contributed by atoms with E-state index in [4.69, 9.17) is 4.74 Å². The first-order valence-electron chi connectivity index (χ1n) is 12.8. The van der Waals surface area contributed by atoms with Crippen LogP contribution in [-0.4, -0.2) is 29.9 Å². The third kappa shape index (κ3) is 7.65. The second-order valence-corrected chi connectivity index (χ2v) is 9.17. The molecule has 0 spiro atoms. The zero-order valence-corrected chi connectivity index (χ0v) is 21.3. The summed E-state index contributed by atoms with van der Waals surface area (Å²) in [5, 5.41) is 0. The highest BCUT2D eigenvalue weighted by Crippen LogP contribution is 2.28.